The molecular weight excluding hydrogens is 254 g/mol. The lowest BCUT2D eigenvalue weighted by Crippen LogP contribution is -2.30. The zero-order valence-electron chi connectivity index (χ0n) is 10.5. The Bertz CT molecular complexity index is 554. The Balaban J connectivity index is 1.83. The van der Waals surface area contributed by atoms with Crippen molar-refractivity contribution in [3.8, 4) is 0 Å². The standard InChI is InChI=1S/C11H17N3O3S/c1-7-6-8(7)11-12-10(13-17-11)9-4-3-5-14(9)18(2,15)16/h7-9H,3-6H2,1-2H3/t7-,8+,9+/m1/s1. The Labute approximate surface area is 106 Å². The van der Waals surface area contributed by atoms with Crippen molar-refractivity contribution in [3.05, 3.63) is 11.7 Å². The zero-order valence-corrected chi connectivity index (χ0v) is 11.4. The molecule has 1 aliphatic carbocycles. The fraction of sp³-hybridized carbons (Fsp3) is 0.818. The van der Waals surface area contributed by atoms with Crippen molar-refractivity contribution in [1.82, 2.24) is 14.4 Å². The number of nitrogens with zero attached hydrogens (tertiary/aromatic N) is 3. The van der Waals surface area contributed by atoms with Crippen LogP contribution in [0.3, 0.4) is 0 Å². The van der Waals surface area contributed by atoms with Crippen LogP contribution in [0.5, 0.6) is 0 Å². The van der Waals surface area contributed by atoms with Gasteiger partial charge < -0.3 is 4.52 Å². The highest BCUT2D eigenvalue weighted by Gasteiger charge is 2.41. The van der Waals surface area contributed by atoms with E-state index < -0.39 is 10.0 Å². The van der Waals surface area contributed by atoms with Crippen molar-refractivity contribution in [3.63, 3.8) is 0 Å². The van der Waals surface area contributed by atoms with Crippen LogP contribution in [0, 0.1) is 5.92 Å². The van der Waals surface area contributed by atoms with E-state index in [1.165, 1.54) is 10.6 Å². The SMILES string of the molecule is C[C@@H]1C[C@@H]1c1nc([C@@H]2CCCN2S(C)(=O)=O)no1. The van der Waals surface area contributed by atoms with Crippen LogP contribution in [0.1, 0.15) is 49.9 Å². The van der Waals surface area contributed by atoms with Gasteiger partial charge in [0.05, 0.1) is 12.3 Å². The normalized spacial score (nSPS) is 32.9. The fourth-order valence-corrected chi connectivity index (χ4v) is 3.72. The quantitative estimate of drug-likeness (QED) is 0.828. The first-order valence-electron chi connectivity index (χ1n) is 6.27. The highest BCUT2D eigenvalue weighted by atomic mass is 32.2. The van der Waals surface area contributed by atoms with Gasteiger partial charge in [-0.2, -0.15) is 9.29 Å². The monoisotopic (exact) mass is 271 g/mol. The summed E-state index contributed by atoms with van der Waals surface area (Å²) in [7, 11) is -3.19. The second-order valence-electron chi connectivity index (χ2n) is 5.34. The van der Waals surface area contributed by atoms with Crippen LogP contribution >= 0.6 is 0 Å². The van der Waals surface area contributed by atoms with Crippen LogP contribution in [0.15, 0.2) is 4.52 Å². The number of aromatic nitrogens is 2. The fourth-order valence-electron chi connectivity index (χ4n) is 2.59. The summed E-state index contributed by atoms with van der Waals surface area (Å²) in [5.41, 5.74) is 0. The lowest BCUT2D eigenvalue weighted by molar-refractivity contribution is 0.344. The molecule has 0 aromatic carbocycles. The second kappa shape index (κ2) is 4.03. The molecule has 0 radical (unpaired) electrons. The molecule has 1 aliphatic heterocycles. The average Bonchev–Trinajstić information content (AvgIpc) is 2.75. The lowest BCUT2D eigenvalue weighted by atomic mass is 10.2. The van der Waals surface area contributed by atoms with Crippen molar-refractivity contribution in [2.75, 3.05) is 12.8 Å². The van der Waals surface area contributed by atoms with Gasteiger partial charge in [-0.15, -0.1) is 0 Å². The van der Waals surface area contributed by atoms with Gasteiger partial charge in [-0.05, 0) is 25.2 Å². The zero-order chi connectivity index (χ0) is 12.9. The summed E-state index contributed by atoms with van der Waals surface area (Å²) in [5, 5.41) is 3.97. The summed E-state index contributed by atoms with van der Waals surface area (Å²) in [5.74, 6) is 2.16. The predicted octanol–water partition coefficient (Wildman–Crippen LogP) is 1.29. The molecule has 1 saturated carbocycles. The largest absolute Gasteiger partial charge is 0.339 e. The van der Waals surface area contributed by atoms with E-state index in [1.54, 1.807) is 0 Å². The van der Waals surface area contributed by atoms with Gasteiger partial charge in [0.25, 0.3) is 0 Å². The second-order valence-corrected chi connectivity index (χ2v) is 7.28. The third kappa shape index (κ3) is 2.05. The number of hydrogen-bond acceptors (Lipinski definition) is 5. The minimum absolute atomic E-state index is 0.244. The van der Waals surface area contributed by atoms with Crippen molar-refractivity contribution in [1.29, 1.82) is 0 Å². The van der Waals surface area contributed by atoms with Crippen LogP contribution in [-0.4, -0.2) is 35.7 Å². The predicted molar refractivity (Wildman–Crippen MR) is 64.3 cm³/mol. The van der Waals surface area contributed by atoms with Crippen molar-refractivity contribution in [2.24, 2.45) is 5.92 Å². The average molecular weight is 271 g/mol. The molecule has 3 rings (SSSR count). The molecule has 0 amide bonds. The van der Waals surface area contributed by atoms with Gasteiger partial charge in [0.15, 0.2) is 5.82 Å². The van der Waals surface area contributed by atoms with E-state index >= 15 is 0 Å². The summed E-state index contributed by atoms with van der Waals surface area (Å²) >= 11 is 0. The Morgan fingerprint density at radius 3 is 2.78 bits per heavy atom. The minimum atomic E-state index is -3.19. The summed E-state index contributed by atoms with van der Waals surface area (Å²) in [6.07, 6.45) is 3.94. The highest BCUT2D eigenvalue weighted by molar-refractivity contribution is 7.88. The minimum Gasteiger partial charge on any atom is -0.339 e. The molecule has 1 aromatic heterocycles. The molecule has 3 atom stereocenters. The molecule has 100 valence electrons. The van der Waals surface area contributed by atoms with Gasteiger partial charge >= 0.3 is 0 Å². The van der Waals surface area contributed by atoms with Crippen LogP contribution < -0.4 is 0 Å². The molecule has 7 heteroatoms. The van der Waals surface area contributed by atoms with E-state index in [0.29, 0.717) is 30.1 Å². The lowest BCUT2D eigenvalue weighted by Gasteiger charge is -2.18. The molecule has 0 N–H and O–H groups in total. The molecule has 1 saturated heterocycles. The van der Waals surface area contributed by atoms with Gasteiger partial charge in [-0.3, -0.25) is 0 Å². The van der Waals surface area contributed by atoms with E-state index in [2.05, 4.69) is 17.1 Å². The molecule has 0 unspecified atom stereocenters. The van der Waals surface area contributed by atoms with E-state index in [9.17, 15) is 8.42 Å². The molecule has 0 spiro atoms. The van der Waals surface area contributed by atoms with Gasteiger partial charge in [-0.25, -0.2) is 8.42 Å². The maximum Gasteiger partial charge on any atom is 0.230 e. The van der Waals surface area contributed by atoms with Crippen LogP contribution in [0.2, 0.25) is 0 Å². The Morgan fingerprint density at radius 1 is 1.44 bits per heavy atom. The first kappa shape index (κ1) is 12.1. The molecule has 6 nitrogen and oxygen atoms in total. The smallest absolute Gasteiger partial charge is 0.230 e. The maximum atomic E-state index is 11.7. The third-order valence-corrected chi connectivity index (χ3v) is 5.10. The van der Waals surface area contributed by atoms with Gasteiger partial charge in [-0.1, -0.05) is 12.1 Å². The molecule has 2 aliphatic rings. The molecule has 1 aromatic rings. The highest BCUT2D eigenvalue weighted by Crippen LogP contribution is 2.46. The molecular formula is C11H17N3O3S. The third-order valence-electron chi connectivity index (χ3n) is 3.81. The number of hydrogen-bond donors (Lipinski definition) is 0. The van der Waals surface area contributed by atoms with E-state index in [4.69, 9.17) is 4.52 Å². The van der Waals surface area contributed by atoms with E-state index in [0.717, 1.165) is 19.3 Å². The van der Waals surface area contributed by atoms with E-state index in [1.807, 2.05) is 0 Å². The summed E-state index contributed by atoms with van der Waals surface area (Å²) < 4.78 is 30.0. The molecule has 2 heterocycles. The van der Waals surface area contributed by atoms with Crippen LogP contribution in [0.25, 0.3) is 0 Å². The maximum absolute atomic E-state index is 11.7. The van der Waals surface area contributed by atoms with Gasteiger partial charge in [0.2, 0.25) is 15.9 Å². The van der Waals surface area contributed by atoms with Crippen molar-refractivity contribution < 1.29 is 12.9 Å². The Hall–Kier alpha value is -0.950. The summed E-state index contributed by atoms with van der Waals surface area (Å²) in [6.45, 7) is 2.69. The van der Waals surface area contributed by atoms with Crippen LogP contribution in [-0.2, 0) is 10.0 Å². The van der Waals surface area contributed by atoms with Crippen molar-refractivity contribution >= 4 is 10.0 Å². The molecule has 18 heavy (non-hydrogen) atoms. The first-order valence-corrected chi connectivity index (χ1v) is 8.12. The Kier molecular flexibility index (Phi) is 2.71. The van der Waals surface area contributed by atoms with Gasteiger partial charge in [0.1, 0.15) is 0 Å². The van der Waals surface area contributed by atoms with Gasteiger partial charge in [0, 0.05) is 12.5 Å². The topological polar surface area (TPSA) is 76.3 Å². The van der Waals surface area contributed by atoms with E-state index in [-0.39, 0.29) is 6.04 Å². The first-order chi connectivity index (χ1) is 8.47. The number of sulfonamides is 1. The summed E-state index contributed by atoms with van der Waals surface area (Å²) in [4.78, 5) is 4.38. The van der Waals surface area contributed by atoms with Crippen molar-refractivity contribution in [2.45, 2.75) is 38.1 Å². The Morgan fingerprint density at radius 2 is 2.17 bits per heavy atom. The number of rotatable bonds is 3. The molecule has 0 bridgehead atoms. The van der Waals surface area contributed by atoms with Crippen LogP contribution in [0.4, 0.5) is 0 Å². The molecule has 2 fully saturated rings. The summed E-state index contributed by atoms with van der Waals surface area (Å²) in [6, 6.07) is -0.244.